The first-order chi connectivity index (χ1) is 16.0. The normalized spacial score (nSPS) is 16.1. The van der Waals surface area contributed by atoms with Crippen LogP contribution >= 0.6 is 11.3 Å². The molecule has 1 unspecified atom stereocenters. The average Bonchev–Trinajstić information content (AvgIpc) is 3.54. The number of ketones is 1. The van der Waals surface area contributed by atoms with E-state index < -0.39 is 29.3 Å². The van der Waals surface area contributed by atoms with Gasteiger partial charge < -0.3 is 19.2 Å². The van der Waals surface area contributed by atoms with E-state index in [1.54, 1.807) is 24.3 Å². The number of carbonyl (C=O) groups is 2. The number of ether oxygens (including phenoxy) is 1. The van der Waals surface area contributed by atoms with E-state index in [-0.39, 0.29) is 17.9 Å². The fourth-order valence-electron chi connectivity index (χ4n) is 4.05. The Balaban J connectivity index is 1.61. The molecule has 1 atom stereocenters. The van der Waals surface area contributed by atoms with Crippen LogP contribution in [-0.2, 0) is 11.3 Å². The quantitative estimate of drug-likeness (QED) is 0.386. The number of amides is 1. The number of aliphatic hydroxyl groups excluding tert-OH is 1. The van der Waals surface area contributed by atoms with Crippen LogP contribution < -0.4 is 4.74 Å². The Morgan fingerprint density at radius 3 is 2.67 bits per heavy atom. The summed E-state index contributed by atoms with van der Waals surface area (Å²) in [7, 11) is 1.50. The van der Waals surface area contributed by atoms with Crippen molar-refractivity contribution in [2.75, 3.05) is 7.11 Å². The summed E-state index contributed by atoms with van der Waals surface area (Å²) in [4.78, 5) is 28.9. The first kappa shape index (κ1) is 21.0. The molecule has 5 rings (SSSR count). The highest BCUT2D eigenvalue weighted by atomic mass is 32.1. The van der Waals surface area contributed by atoms with Crippen LogP contribution in [0.15, 0.2) is 81.8 Å². The smallest absolute Gasteiger partial charge is 0.290 e. The van der Waals surface area contributed by atoms with Gasteiger partial charge in [0, 0.05) is 10.3 Å². The maximum atomic E-state index is 13.6. The second kappa shape index (κ2) is 8.22. The van der Waals surface area contributed by atoms with E-state index in [2.05, 4.69) is 0 Å². The summed E-state index contributed by atoms with van der Waals surface area (Å²) in [5.41, 5.74) is 0.783. The van der Waals surface area contributed by atoms with E-state index in [0.717, 1.165) is 4.88 Å². The lowest BCUT2D eigenvalue weighted by Gasteiger charge is -2.26. The fourth-order valence-corrected chi connectivity index (χ4v) is 4.76. The lowest BCUT2D eigenvalue weighted by atomic mass is 9.95. The van der Waals surface area contributed by atoms with Gasteiger partial charge in [0.2, 0.25) is 5.78 Å². The summed E-state index contributed by atoms with van der Waals surface area (Å²) in [6.07, 6.45) is 0. The first-order valence-corrected chi connectivity index (χ1v) is 11.0. The van der Waals surface area contributed by atoms with Crippen LogP contribution in [0.25, 0.3) is 11.0 Å². The van der Waals surface area contributed by atoms with Gasteiger partial charge in [-0.15, -0.1) is 11.3 Å². The summed E-state index contributed by atoms with van der Waals surface area (Å²) in [6, 6.07) is 15.1. The molecule has 1 N–H and O–H groups in total. The van der Waals surface area contributed by atoms with Crippen LogP contribution in [0.4, 0.5) is 4.39 Å². The van der Waals surface area contributed by atoms with Gasteiger partial charge in [0.1, 0.15) is 5.82 Å². The minimum atomic E-state index is -0.900. The van der Waals surface area contributed by atoms with Crippen LogP contribution in [0.2, 0.25) is 0 Å². The van der Waals surface area contributed by atoms with Crippen molar-refractivity contribution in [1.29, 1.82) is 0 Å². The average molecular weight is 463 g/mol. The second-order valence-electron chi connectivity index (χ2n) is 7.55. The topological polar surface area (TPSA) is 80.0 Å². The van der Waals surface area contributed by atoms with Crippen molar-refractivity contribution in [2.45, 2.75) is 12.6 Å². The maximum Gasteiger partial charge on any atom is 0.290 e. The minimum absolute atomic E-state index is 0.0334. The van der Waals surface area contributed by atoms with Gasteiger partial charge in [0.05, 0.1) is 25.3 Å². The molecule has 1 aliphatic rings. The van der Waals surface area contributed by atoms with E-state index in [1.807, 2.05) is 17.5 Å². The van der Waals surface area contributed by atoms with E-state index in [4.69, 9.17) is 9.15 Å². The van der Waals surface area contributed by atoms with E-state index >= 15 is 0 Å². The number of fused-ring (bicyclic) bond motifs is 1. The number of Topliss-reactive ketones (excluding diaryl/α,β-unsaturated/α-hetero) is 1. The summed E-state index contributed by atoms with van der Waals surface area (Å²) in [6.45, 7) is 0.188. The predicted molar refractivity (Wildman–Crippen MR) is 121 cm³/mol. The highest BCUT2D eigenvalue weighted by molar-refractivity contribution is 7.09. The zero-order valence-corrected chi connectivity index (χ0v) is 18.3. The van der Waals surface area contributed by atoms with E-state index in [0.29, 0.717) is 22.3 Å². The van der Waals surface area contributed by atoms with Crippen molar-refractivity contribution in [3.63, 3.8) is 0 Å². The number of para-hydroxylation sites is 1. The lowest BCUT2D eigenvalue weighted by molar-refractivity contribution is -0.130. The Hall–Kier alpha value is -3.91. The van der Waals surface area contributed by atoms with Gasteiger partial charge in [-0.25, -0.2) is 4.39 Å². The van der Waals surface area contributed by atoms with Crippen LogP contribution in [0.3, 0.4) is 0 Å². The molecule has 8 heteroatoms. The zero-order chi connectivity index (χ0) is 23.1. The molecule has 0 aliphatic carbocycles. The van der Waals surface area contributed by atoms with Crippen LogP contribution in [-0.4, -0.2) is 28.8 Å². The third-order valence-electron chi connectivity index (χ3n) is 5.59. The number of nitrogens with zero attached hydrogens (tertiary/aromatic N) is 1. The number of aliphatic hydroxyl groups is 1. The molecule has 0 bridgehead atoms. The third-order valence-corrected chi connectivity index (χ3v) is 6.45. The number of halogens is 1. The van der Waals surface area contributed by atoms with Crippen LogP contribution in [0.1, 0.15) is 27.0 Å². The Morgan fingerprint density at radius 1 is 1.18 bits per heavy atom. The summed E-state index contributed by atoms with van der Waals surface area (Å²) < 4.78 is 24.7. The van der Waals surface area contributed by atoms with Crippen molar-refractivity contribution in [1.82, 2.24) is 4.90 Å². The molecule has 2 aromatic carbocycles. The number of methoxy groups -OCH3 is 1. The zero-order valence-electron chi connectivity index (χ0n) is 17.4. The molecular formula is C25H18FNO5S. The number of benzene rings is 2. The van der Waals surface area contributed by atoms with Gasteiger partial charge in [0.15, 0.2) is 22.9 Å². The molecule has 33 heavy (non-hydrogen) atoms. The Bertz CT molecular complexity index is 1390. The second-order valence-corrected chi connectivity index (χ2v) is 8.58. The largest absolute Gasteiger partial charge is 0.503 e. The van der Waals surface area contributed by atoms with Gasteiger partial charge >= 0.3 is 0 Å². The molecule has 1 aliphatic heterocycles. The molecule has 3 heterocycles. The van der Waals surface area contributed by atoms with Crippen molar-refractivity contribution in [3.8, 4) is 5.75 Å². The minimum Gasteiger partial charge on any atom is -0.503 e. The Labute approximate surface area is 192 Å². The molecular weight excluding hydrogens is 445 g/mol. The number of rotatable bonds is 6. The first-order valence-electron chi connectivity index (χ1n) is 10.1. The number of hydrogen-bond acceptors (Lipinski definition) is 6. The summed E-state index contributed by atoms with van der Waals surface area (Å²) in [5, 5.41) is 13.3. The monoisotopic (exact) mass is 463 g/mol. The Morgan fingerprint density at radius 2 is 1.97 bits per heavy atom. The van der Waals surface area contributed by atoms with Gasteiger partial charge in [-0.1, -0.05) is 30.3 Å². The van der Waals surface area contributed by atoms with E-state index in [1.165, 1.54) is 47.6 Å². The molecule has 0 radical (unpaired) electrons. The summed E-state index contributed by atoms with van der Waals surface area (Å²) >= 11 is 1.45. The molecule has 0 saturated heterocycles. The lowest BCUT2D eigenvalue weighted by Crippen LogP contribution is -2.30. The number of hydrogen-bond donors (Lipinski definition) is 1. The molecule has 2 aromatic heterocycles. The van der Waals surface area contributed by atoms with Crippen LogP contribution in [0, 0.1) is 5.82 Å². The van der Waals surface area contributed by atoms with Crippen molar-refractivity contribution < 1.29 is 28.2 Å². The van der Waals surface area contributed by atoms with E-state index in [9.17, 15) is 19.1 Å². The molecule has 0 saturated carbocycles. The van der Waals surface area contributed by atoms with Gasteiger partial charge in [-0.2, -0.15) is 0 Å². The Kier molecular flexibility index (Phi) is 5.22. The van der Waals surface area contributed by atoms with Crippen molar-refractivity contribution in [2.24, 2.45) is 0 Å². The SMILES string of the molecule is COc1cccc2cc(C(=O)C3=C(O)C(=O)N(Cc4cccs4)C3c3ccc(F)cc3)oc12. The molecule has 0 fully saturated rings. The fraction of sp³-hybridized carbons (Fsp3) is 0.120. The molecule has 0 spiro atoms. The highest BCUT2D eigenvalue weighted by Gasteiger charge is 2.44. The predicted octanol–water partition coefficient (Wildman–Crippen LogP) is 5.42. The summed E-state index contributed by atoms with van der Waals surface area (Å²) in [5.74, 6) is -1.95. The molecule has 166 valence electrons. The van der Waals surface area contributed by atoms with Crippen molar-refractivity contribution >= 4 is 34.0 Å². The molecule has 6 nitrogen and oxygen atoms in total. The highest BCUT2D eigenvalue weighted by Crippen LogP contribution is 2.41. The number of carbonyl (C=O) groups excluding carboxylic acids is 2. The van der Waals surface area contributed by atoms with Crippen LogP contribution in [0.5, 0.6) is 5.75 Å². The third kappa shape index (κ3) is 3.58. The number of furan rings is 1. The standard InChI is InChI=1S/C25H18FNO5S/c1-31-18-6-2-4-15-12-19(32-24(15)18)22(28)20-21(14-7-9-16(26)10-8-14)27(25(30)23(20)29)13-17-5-3-11-33-17/h2-12,21,29H,13H2,1H3. The number of thiophene rings is 1. The molecule has 1 amide bonds. The van der Waals surface area contributed by atoms with Gasteiger partial charge in [-0.3, -0.25) is 9.59 Å². The maximum absolute atomic E-state index is 13.6. The van der Waals surface area contributed by atoms with Crippen molar-refractivity contribution in [3.05, 3.63) is 99.4 Å². The molecule has 4 aromatic rings. The van der Waals surface area contributed by atoms with Gasteiger partial charge in [0.25, 0.3) is 5.91 Å². The van der Waals surface area contributed by atoms with Gasteiger partial charge in [-0.05, 0) is 41.3 Å².